The van der Waals surface area contributed by atoms with Crippen LogP contribution in [0.5, 0.6) is 0 Å². The number of aromatic nitrogens is 3. The zero-order valence-electron chi connectivity index (χ0n) is 15.4. The molecule has 26 heavy (non-hydrogen) atoms. The van der Waals surface area contributed by atoms with E-state index in [2.05, 4.69) is 23.9 Å². The molecule has 0 unspecified atom stereocenters. The van der Waals surface area contributed by atoms with Gasteiger partial charge in [-0.3, -0.25) is 14.5 Å². The molecule has 0 saturated carbocycles. The van der Waals surface area contributed by atoms with Gasteiger partial charge >= 0.3 is 0 Å². The monoisotopic (exact) mass is 351 g/mol. The number of rotatable bonds is 8. The molecule has 0 aliphatic carbocycles. The van der Waals surface area contributed by atoms with Gasteiger partial charge in [-0.05, 0) is 24.0 Å². The highest BCUT2D eigenvalue weighted by Crippen LogP contribution is 2.22. The number of hydrogen-bond donors (Lipinski definition) is 1. The average Bonchev–Trinajstić information content (AvgIpc) is 3.05. The molecule has 5 nitrogen and oxygen atoms in total. The molecule has 1 N–H and O–H groups in total. The summed E-state index contributed by atoms with van der Waals surface area (Å²) in [5.74, 6) is 0.329. The van der Waals surface area contributed by atoms with Crippen LogP contribution in [0.4, 0.5) is 0 Å². The first-order valence-electron chi connectivity index (χ1n) is 9.14. The van der Waals surface area contributed by atoms with E-state index >= 15 is 0 Å². The molecule has 0 aliphatic rings. The smallest absolute Gasteiger partial charge is 0.139 e. The number of aryl methyl sites for hydroxylation is 1. The minimum absolute atomic E-state index is 0.151. The first-order valence-corrected chi connectivity index (χ1v) is 9.14. The van der Waals surface area contributed by atoms with Crippen LogP contribution in [0.15, 0.2) is 42.6 Å². The third-order valence-electron chi connectivity index (χ3n) is 4.61. The van der Waals surface area contributed by atoms with Crippen molar-refractivity contribution in [3.63, 3.8) is 0 Å². The molecule has 136 valence electrons. The lowest BCUT2D eigenvalue weighted by molar-refractivity contribution is -0.118. The maximum absolute atomic E-state index is 12.5. The summed E-state index contributed by atoms with van der Waals surface area (Å²) in [5, 5.41) is 15.0. The van der Waals surface area contributed by atoms with Crippen molar-refractivity contribution < 1.29 is 9.90 Å². The van der Waals surface area contributed by atoms with Crippen LogP contribution in [-0.4, -0.2) is 25.7 Å². The van der Waals surface area contributed by atoms with Gasteiger partial charge in [-0.2, -0.15) is 5.10 Å². The van der Waals surface area contributed by atoms with E-state index in [9.17, 15) is 9.90 Å². The fourth-order valence-corrected chi connectivity index (χ4v) is 3.36. The van der Waals surface area contributed by atoms with Gasteiger partial charge in [-0.25, -0.2) is 0 Å². The lowest BCUT2D eigenvalue weighted by Gasteiger charge is -2.11. The highest BCUT2D eigenvalue weighted by molar-refractivity contribution is 5.85. The van der Waals surface area contributed by atoms with Gasteiger partial charge in [0.25, 0.3) is 0 Å². The summed E-state index contributed by atoms with van der Waals surface area (Å²) in [6.07, 6.45) is 3.50. The predicted molar refractivity (Wildman–Crippen MR) is 102 cm³/mol. The zero-order valence-corrected chi connectivity index (χ0v) is 15.4. The quantitative estimate of drug-likeness (QED) is 0.673. The van der Waals surface area contributed by atoms with Crippen LogP contribution < -0.4 is 0 Å². The lowest BCUT2D eigenvalue weighted by Crippen LogP contribution is -2.10. The second kappa shape index (κ2) is 8.23. The number of fused-ring (bicyclic) bond motifs is 1. The number of ketones is 1. The Bertz CT molecular complexity index is 887. The highest BCUT2D eigenvalue weighted by Gasteiger charge is 2.15. The van der Waals surface area contributed by atoms with E-state index in [0.29, 0.717) is 17.8 Å². The van der Waals surface area contributed by atoms with Gasteiger partial charge in [0.05, 0.1) is 24.0 Å². The van der Waals surface area contributed by atoms with E-state index in [-0.39, 0.29) is 24.7 Å². The van der Waals surface area contributed by atoms with Crippen molar-refractivity contribution in [2.75, 3.05) is 0 Å². The lowest BCUT2D eigenvalue weighted by atomic mass is 9.94. The Morgan fingerprint density at radius 3 is 2.73 bits per heavy atom. The molecule has 0 radical (unpaired) electrons. The number of carbonyl (C=O) groups is 1. The van der Waals surface area contributed by atoms with E-state index < -0.39 is 0 Å². The third-order valence-corrected chi connectivity index (χ3v) is 4.61. The van der Waals surface area contributed by atoms with Gasteiger partial charge < -0.3 is 5.11 Å². The highest BCUT2D eigenvalue weighted by atomic mass is 16.3. The number of benzene rings is 1. The van der Waals surface area contributed by atoms with Gasteiger partial charge in [0.15, 0.2) is 0 Å². The van der Waals surface area contributed by atoms with Crippen LogP contribution in [0.2, 0.25) is 0 Å². The number of hydrogen-bond acceptors (Lipinski definition) is 4. The van der Waals surface area contributed by atoms with Gasteiger partial charge in [0.1, 0.15) is 5.78 Å². The van der Waals surface area contributed by atoms with Gasteiger partial charge in [-0.1, -0.05) is 44.2 Å². The summed E-state index contributed by atoms with van der Waals surface area (Å²) in [4.78, 5) is 17.0. The molecule has 0 amide bonds. The van der Waals surface area contributed by atoms with E-state index in [1.807, 2.05) is 41.1 Å². The standard InChI is InChI=1S/C21H25N3O2/c1-3-9-24-21-17(13-22-24)11-18(23-20(21)14-25)12-19(26)10-15(2)16-7-5-4-6-8-16/h4-8,11,13,15,25H,3,9-10,12,14H2,1-2H3/t15-/m0/s1. The zero-order chi connectivity index (χ0) is 18.5. The number of pyridine rings is 1. The van der Waals surface area contributed by atoms with Crippen LogP contribution in [0.25, 0.3) is 10.9 Å². The van der Waals surface area contributed by atoms with Crippen molar-refractivity contribution in [2.45, 2.75) is 52.2 Å². The average molecular weight is 351 g/mol. The van der Waals surface area contributed by atoms with E-state index in [0.717, 1.165) is 23.9 Å². The van der Waals surface area contributed by atoms with Crippen LogP contribution in [0, 0.1) is 0 Å². The molecule has 1 atom stereocenters. The van der Waals surface area contributed by atoms with Crippen molar-refractivity contribution in [1.29, 1.82) is 0 Å². The van der Waals surface area contributed by atoms with Crippen molar-refractivity contribution in [1.82, 2.24) is 14.8 Å². The van der Waals surface area contributed by atoms with Gasteiger partial charge in [0, 0.05) is 30.5 Å². The topological polar surface area (TPSA) is 68.0 Å². The third kappa shape index (κ3) is 3.99. The van der Waals surface area contributed by atoms with Crippen LogP contribution in [0.1, 0.15) is 49.6 Å². The second-order valence-corrected chi connectivity index (χ2v) is 6.76. The first kappa shape index (κ1) is 18.3. The Kier molecular flexibility index (Phi) is 5.78. The molecular weight excluding hydrogens is 326 g/mol. The van der Waals surface area contributed by atoms with Crippen LogP contribution in [0.3, 0.4) is 0 Å². The number of Topliss-reactive ketones (excluding diaryl/α,β-unsaturated/α-hetero) is 1. The first-order chi connectivity index (χ1) is 12.6. The molecular formula is C21H25N3O2. The molecule has 0 saturated heterocycles. The normalized spacial score (nSPS) is 12.4. The van der Waals surface area contributed by atoms with E-state index in [4.69, 9.17) is 0 Å². The minimum atomic E-state index is -0.158. The Labute approximate surface area is 153 Å². The van der Waals surface area contributed by atoms with Crippen LogP contribution >= 0.6 is 0 Å². The fourth-order valence-electron chi connectivity index (χ4n) is 3.36. The van der Waals surface area contributed by atoms with Crippen molar-refractivity contribution in [3.8, 4) is 0 Å². The summed E-state index contributed by atoms with van der Waals surface area (Å²) in [7, 11) is 0. The van der Waals surface area contributed by atoms with E-state index in [1.54, 1.807) is 6.20 Å². The maximum Gasteiger partial charge on any atom is 0.139 e. The van der Waals surface area contributed by atoms with Crippen LogP contribution in [-0.2, 0) is 24.4 Å². The summed E-state index contributed by atoms with van der Waals surface area (Å²) in [5.41, 5.74) is 3.32. The molecule has 2 aromatic heterocycles. The Morgan fingerprint density at radius 1 is 1.27 bits per heavy atom. The molecule has 3 aromatic rings. The minimum Gasteiger partial charge on any atom is -0.390 e. The Hall–Kier alpha value is -2.53. The molecule has 3 rings (SSSR count). The molecule has 5 heteroatoms. The molecule has 0 bridgehead atoms. The summed E-state index contributed by atoms with van der Waals surface area (Å²) >= 11 is 0. The number of aliphatic hydroxyl groups is 1. The molecule has 0 fully saturated rings. The van der Waals surface area contributed by atoms with Gasteiger partial charge in [0.2, 0.25) is 0 Å². The Balaban J connectivity index is 1.77. The summed E-state index contributed by atoms with van der Waals surface area (Å²) in [6, 6.07) is 12.0. The van der Waals surface area contributed by atoms with Crippen molar-refractivity contribution in [3.05, 3.63) is 59.5 Å². The number of nitrogens with zero attached hydrogens (tertiary/aromatic N) is 3. The largest absolute Gasteiger partial charge is 0.390 e. The second-order valence-electron chi connectivity index (χ2n) is 6.76. The fraction of sp³-hybridized carbons (Fsp3) is 0.381. The molecule has 0 spiro atoms. The van der Waals surface area contributed by atoms with Gasteiger partial charge in [-0.15, -0.1) is 0 Å². The molecule has 2 heterocycles. The summed E-state index contributed by atoms with van der Waals surface area (Å²) < 4.78 is 1.87. The molecule has 0 aliphatic heterocycles. The summed E-state index contributed by atoms with van der Waals surface area (Å²) in [6.45, 7) is 4.78. The molecule has 1 aromatic carbocycles. The number of carbonyl (C=O) groups excluding carboxylic acids is 1. The number of aliphatic hydroxyl groups excluding tert-OH is 1. The maximum atomic E-state index is 12.5. The van der Waals surface area contributed by atoms with E-state index in [1.165, 1.54) is 5.56 Å². The Morgan fingerprint density at radius 2 is 2.04 bits per heavy atom. The predicted octanol–water partition coefficient (Wildman–Crippen LogP) is 3.64. The van der Waals surface area contributed by atoms with Crippen molar-refractivity contribution in [2.24, 2.45) is 0 Å². The SMILES string of the molecule is CCCn1ncc2cc(CC(=O)C[C@H](C)c3ccccc3)nc(CO)c21. The van der Waals surface area contributed by atoms with Crippen molar-refractivity contribution >= 4 is 16.7 Å².